The van der Waals surface area contributed by atoms with E-state index in [1.807, 2.05) is 60.7 Å². The average molecular weight is 1060 g/mol. The van der Waals surface area contributed by atoms with Crippen LogP contribution < -0.4 is 39.7 Å². The van der Waals surface area contributed by atoms with E-state index in [9.17, 15) is 13.7 Å². The monoisotopic (exact) mass is 1060 g/mol. The Hall–Kier alpha value is -3.17. The minimum Gasteiger partial charge on any atom is -0.689 e. The van der Waals surface area contributed by atoms with E-state index in [4.69, 9.17) is 0 Å². The van der Waals surface area contributed by atoms with Crippen LogP contribution >= 0.6 is 23.5 Å². The zero-order valence-corrected chi connectivity index (χ0v) is 38.5. The van der Waals surface area contributed by atoms with Crippen LogP contribution in [0.4, 0.5) is 11.4 Å². The molecule has 374 valence electrons. The first-order valence-electron chi connectivity index (χ1n) is 17.5. The summed E-state index contributed by atoms with van der Waals surface area (Å²) >= 11 is 3.19. The molecule has 0 aliphatic carbocycles. The second-order valence-electron chi connectivity index (χ2n) is 11.0. The van der Waals surface area contributed by atoms with E-state index in [0.29, 0.717) is 18.1 Å². The van der Waals surface area contributed by atoms with Crippen LogP contribution in [-0.4, -0.2) is 19.9 Å². The number of hydrogen-bond acceptors (Lipinski definition) is 36. The van der Waals surface area contributed by atoms with Gasteiger partial charge in [-0.25, -0.2) is 0 Å². The van der Waals surface area contributed by atoms with Gasteiger partial charge >= 0.3 is 29.6 Å². The number of hydrogen-bond donors (Lipinski definition) is 0. The first kappa shape index (κ1) is 58.4. The third kappa shape index (κ3) is 23.7. The Balaban J connectivity index is 0.0000104. The second kappa shape index (κ2) is 36.7. The molecule has 0 unspecified atom stereocenters. The Morgan fingerprint density at radius 3 is 1.23 bits per heavy atom. The van der Waals surface area contributed by atoms with Gasteiger partial charge in [-0.3, -0.25) is 5.04 Å². The van der Waals surface area contributed by atoms with Gasteiger partial charge in [0.25, 0.3) is 10.1 Å². The Morgan fingerprint density at radius 1 is 0.449 bits per heavy atom. The van der Waals surface area contributed by atoms with Crippen molar-refractivity contribution < 1.29 is 194 Å². The average Bonchev–Trinajstić information content (AvgIpc) is 3.36. The molecule has 0 fully saturated rings. The van der Waals surface area contributed by atoms with E-state index in [1.54, 1.807) is 11.8 Å². The predicted molar refractivity (Wildman–Crippen MR) is 192 cm³/mol. The molecule has 4 aromatic carbocycles. The fraction of sp³-hybridized carbons (Fsp3) is 0.161. The SMILES string of the molecule is O=S(=O)(CCCSC(SCc1ccccc1)=C1c2ccccc2N(Cc2ccccc2)c2ccccc21)OOOOOOOOOOOOOOOOOOOOOOOOOOOOOO[O-].[Na+]. The summed E-state index contributed by atoms with van der Waals surface area (Å²) in [5, 5.41) is 112. The van der Waals surface area contributed by atoms with Gasteiger partial charge in [0.1, 0.15) is 0 Å². The molecule has 0 bridgehead atoms. The van der Waals surface area contributed by atoms with Gasteiger partial charge in [-0.05, 0) is 116 Å². The molecule has 0 radical (unpaired) electrons. The number of thioether (sulfide) groups is 2. The number of rotatable bonds is 40. The molecule has 1 aliphatic rings. The molecule has 38 heteroatoms. The van der Waals surface area contributed by atoms with Crippen LogP contribution in [0.3, 0.4) is 0 Å². The Morgan fingerprint density at radius 2 is 0.812 bits per heavy atom. The Kier molecular flexibility index (Phi) is 31.1. The van der Waals surface area contributed by atoms with Gasteiger partial charge < -0.3 is 10.2 Å². The molecule has 0 aromatic heterocycles. The summed E-state index contributed by atoms with van der Waals surface area (Å²) < 4.78 is 30.3. The van der Waals surface area contributed by atoms with E-state index < -0.39 is 15.9 Å². The Bertz CT molecular complexity index is 2040. The van der Waals surface area contributed by atoms with Crippen molar-refractivity contribution in [1.29, 1.82) is 0 Å². The molecule has 0 atom stereocenters. The number of para-hydroxylation sites is 2. The van der Waals surface area contributed by atoms with Gasteiger partial charge in [0.15, 0.2) is 0 Å². The summed E-state index contributed by atoms with van der Waals surface area (Å²) in [6, 6.07) is 36.7. The Labute approximate surface area is 413 Å². The van der Waals surface area contributed by atoms with Crippen molar-refractivity contribution in [3.63, 3.8) is 0 Å². The molecule has 0 amide bonds. The van der Waals surface area contributed by atoms with Crippen molar-refractivity contribution in [2.24, 2.45) is 0 Å². The number of anilines is 2. The predicted octanol–water partition coefficient (Wildman–Crippen LogP) is 1.75. The quantitative estimate of drug-likeness (QED) is 0.0265. The van der Waals surface area contributed by atoms with E-state index in [2.05, 4.69) is 204 Å². The van der Waals surface area contributed by atoms with Crippen molar-refractivity contribution >= 4 is 50.6 Å². The molecule has 0 saturated carbocycles. The van der Waals surface area contributed by atoms with Gasteiger partial charge in [0.2, 0.25) is 0 Å². The van der Waals surface area contributed by atoms with E-state index in [1.165, 1.54) is 11.8 Å². The summed E-state index contributed by atoms with van der Waals surface area (Å²) in [6.45, 7) is 0.663. The summed E-state index contributed by atoms with van der Waals surface area (Å²) in [4.78, 5) is 2.31. The van der Waals surface area contributed by atoms with Gasteiger partial charge in [-0.1, -0.05) is 101 Å². The maximum absolute atomic E-state index is 12.5. The number of benzene rings is 4. The van der Waals surface area contributed by atoms with Gasteiger partial charge in [0.05, 0.1) is 5.75 Å². The molecule has 0 N–H and O–H groups in total. The van der Waals surface area contributed by atoms with Crippen LogP contribution in [0.1, 0.15) is 28.7 Å². The number of nitrogens with zero attached hydrogens (tertiary/aromatic N) is 1. The fourth-order valence-corrected chi connectivity index (χ4v) is 8.28. The molecule has 5 rings (SSSR count). The summed E-state index contributed by atoms with van der Waals surface area (Å²) in [6.07, 6.45) is 0.153. The molecular weight excluding hydrogens is 1030 g/mol. The standard InChI is InChI=1S/C31H29NO33S3.Na/c33-36-37-38-39-40-41-42-43-44-45-46-47-48-49-50-51-52-53-54-55-56-57-58-59-60-61-62-63-64-65-68(34,35)21-11-20-66-31(67-23-25-14-5-2-6-15-25)30-26-16-7-9-18-28(26)32(22-24-12-3-1-4-13-24)29-19-10-8-17-27(29)30;/h1-10,12-19,33H,11,20-23H2;/q;+1/p-1. The zero-order chi connectivity index (χ0) is 47.6. The van der Waals surface area contributed by atoms with Crippen molar-refractivity contribution in [3.8, 4) is 0 Å². The van der Waals surface area contributed by atoms with Crippen LogP contribution in [-0.2, 0) is 173 Å². The van der Waals surface area contributed by atoms with Crippen molar-refractivity contribution in [1.82, 2.24) is 0 Å². The first-order valence-corrected chi connectivity index (χ1v) is 21.0. The maximum atomic E-state index is 12.5. The molecular formula is C31H28NNaO33S3. The molecule has 1 aliphatic heterocycles. The van der Waals surface area contributed by atoms with Crippen LogP contribution in [0.5, 0.6) is 0 Å². The first-order chi connectivity index (χ1) is 33.6. The fourth-order valence-electron chi connectivity index (χ4n) is 4.98. The smallest absolute Gasteiger partial charge is 0.689 e. The van der Waals surface area contributed by atoms with Crippen LogP contribution in [0.25, 0.3) is 5.57 Å². The van der Waals surface area contributed by atoms with Crippen LogP contribution in [0.15, 0.2) is 113 Å². The molecule has 1 heterocycles. The van der Waals surface area contributed by atoms with Gasteiger partial charge in [-0.2, -0.15) is 8.42 Å². The zero-order valence-electron chi connectivity index (χ0n) is 34.1. The molecule has 69 heavy (non-hydrogen) atoms. The van der Waals surface area contributed by atoms with Crippen molar-refractivity contribution in [2.75, 3.05) is 16.4 Å². The van der Waals surface area contributed by atoms with Crippen molar-refractivity contribution in [2.45, 2.75) is 18.7 Å². The minimum absolute atomic E-state index is 0. The topological polar surface area (TPSA) is 337 Å². The third-order valence-corrected chi connectivity index (χ3v) is 10.9. The summed E-state index contributed by atoms with van der Waals surface area (Å²) in [7, 11) is -4.30. The second-order valence-corrected chi connectivity index (χ2v) is 15.1. The minimum atomic E-state index is -4.30. The normalized spacial score (nSPS) is 12.2. The van der Waals surface area contributed by atoms with Crippen LogP contribution in [0.2, 0.25) is 0 Å². The third-order valence-electron chi connectivity index (χ3n) is 7.21. The van der Waals surface area contributed by atoms with Gasteiger partial charge in [0, 0.05) is 105 Å². The number of fused-ring (bicyclic) bond motifs is 2. The largest absolute Gasteiger partial charge is 1.00 e. The summed E-state index contributed by atoms with van der Waals surface area (Å²) in [5.74, 6) is 0.598. The van der Waals surface area contributed by atoms with Crippen molar-refractivity contribution in [3.05, 3.63) is 136 Å². The van der Waals surface area contributed by atoms with Gasteiger partial charge in [-0.15, -0.1) is 23.5 Å². The molecule has 0 spiro atoms. The maximum Gasteiger partial charge on any atom is 1.00 e. The van der Waals surface area contributed by atoms with Crippen LogP contribution in [0, 0.1) is 0 Å². The molecule has 4 aromatic rings. The molecule has 34 nitrogen and oxygen atoms in total. The molecule has 0 saturated heterocycles. The van der Waals surface area contributed by atoms with E-state index in [0.717, 1.165) is 43.4 Å². The van der Waals surface area contributed by atoms with E-state index in [-0.39, 0.29) is 36.0 Å². The summed E-state index contributed by atoms with van der Waals surface area (Å²) in [5.41, 5.74) is 7.53. The van der Waals surface area contributed by atoms with E-state index >= 15 is 0 Å².